The molecular weight excluding hydrogens is 318 g/mol. The van der Waals surface area contributed by atoms with Gasteiger partial charge in [-0.3, -0.25) is 4.98 Å². The van der Waals surface area contributed by atoms with Crippen LogP contribution in [0.2, 0.25) is 0 Å². The molecule has 0 unspecified atom stereocenters. The molecule has 1 aliphatic rings. The van der Waals surface area contributed by atoms with Gasteiger partial charge in [-0.25, -0.2) is 0 Å². The number of ether oxygens (including phenoxy) is 2. The van der Waals surface area contributed by atoms with Crippen molar-refractivity contribution in [3.8, 4) is 0 Å². The Hall–Kier alpha value is -2.44. The predicted octanol–water partition coefficient (Wildman–Crippen LogP) is 3.32. The Bertz CT molecular complexity index is 834. The lowest BCUT2D eigenvalue weighted by molar-refractivity contribution is -0.0648. The van der Waals surface area contributed by atoms with Crippen LogP contribution in [0.15, 0.2) is 47.0 Å². The Morgan fingerprint density at radius 1 is 1.28 bits per heavy atom. The number of aryl methyl sites for hydroxylation is 1. The molecule has 1 saturated heterocycles. The van der Waals surface area contributed by atoms with Gasteiger partial charge in [0.2, 0.25) is 0 Å². The van der Waals surface area contributed by atoms with Crippen LogP contribution in [-0.4, -0.2) is 35.3 Å². The highest BCUT2D eigenvalue weighted by Gasteiger charge is 2.28. The maximum atomic E-state index is 6.03. The lowest BCUT2D eigenvalue weighted by Gasteiger charge is -2.31. The number of fused-ring (bicyclic) bond motifs is 1. The summed E-state index contributed by atoms with van der Waals surface area (Å²) in [7, 11) is 0. The van der Waals surface area contributed by atoms with Crippen LogP contribution in [0.1, 0.15) is 17.7 Å². The van der Waals surface area contributed by atoms with Crippen molar-refractivity contribution < 1.29 is 13.9 Å². The molecule has 25 heavy (non-hydrogen) atoms. The van der Waals surface area contributed by atoms with Crippen LogP contribution < -0.4 is 5.32 Å². The molecule has 1 aliphatic heterocycles. The Morgan fingerprint density at radius 3 is 3.12 bits per heavy atom. The smallest absolute Gasteiger partial charge is 0.295 e. The molecule has 0 spiro atoms. The molecule has 0 aliphatic carbocycles. The fourth-order valence-electron chi connectivity index (χ4n) is 2.97. The molecular formula is C19H21N3O3. The molecule has 6 nitrogen and oxygen atoms in total. The first-order valence-corrected chi connectivity index (χ1v) is 8.51. The minimum atomic E-state index is -0.0764. The Morgan fingerprint density at radius 2 is 2.24 bits per heavy atom. The summed E-state index contributed by atoms with van der Waals surface area (Å²) < 4.78 is 17.4. The first-order valence-electron chi connectivity index (χ1n) is 8.51. The maximum absolute atomic E-state index is 6.03. The van der Waals surface area contributed by atoms with Gasteiger partial charge in [-0.2, -0.15) is 4.98 Å². The lowest BCUT2D eigenvalue weighted by atomic mass is 10.1. The molecule has 3 aromatic rings. The number of hydrogen-bond donors (Lipinski definition) is 1. The summed E-state index contributed by atoms with van der Waals surface area (Å²) in [5, 5.41) is 3.37. The third-order valence-corrected chi connectivity index (χ3v) is 4.33. The van der Waals surface area contributed by atoms with Gasteiger partial charge >= 0.3 is 0 Å². The predicted molar refractivity (Wildman–Crippen MR) is 94.4 cm³/mol. The van der Waals surface area contributed by atoms with E-state index >= 15 is 0 Å². The largest absolute Gasteiger partial charge is 0.424 e. The van der Waals surface area contributed by atoms with Gasteiger partial charge in [0.1, 0.15) is 11.6 Å². The van der Waals surface area contributed by atoms with E-state index in [1.54, 1.807) is 6.20 Å². The summed E-state index contributed by atoms with van der Waals surface area (Å²) in [5.74, 6) is 0. The zero-order valence-corrected chi connectivity index (χ0v) is 14.1. The van der Waals surface area contributed by atoms with Gasteiger partial charge in [0, 0.05) is 12.8 Å². The summed E-state index contributed by atoms with van der Waals surface area (Å²) in [6.45, 7) is 3.74. The van der Waals surface area contributed by atoms with Crippen LogP contribution in [0.25, 0.3) is 11.1 Å². The van der Waals surface area contributed by atoms with Crippen molar-refractivity contribution in [3.63, 3.8) is 0 Å². The van der Waals surface area contributed by atoms with E-state index in [1.807, 2.05) is 43.3 Å². The third-order valence-electron chi connectivity index (χ3n) is 4.33. The highest BCUT2D eigenvalue weighted by molar-refractivity contribution is 5.75. The maximum Gasteiger partial charge on any atom is 0.295 e. The van der Waals surface area contributed by atoms with E-state index in [9.17, 15) is 0 Å². The van der Waals surface area contributed by atoms with Gasteiger partial charge in [-0.05, 0) is 43.2 Å². The number of pyridine rings is 1. The van der Waals surface area contributed by atoms with E-state index in [2.05, 4.69) is 15.3 Å². The van der Waals surface area contributed by atoms with Crippen LogP contribution in [0.4, 0.5) is 6.01 Å². The van der Waals surface area contributed by atoms with Crippen LogP contribution in [-0.2, 0) is 16.1 Å². The van der Waals surface area contributed by atoms with Crippen molar-refractivity contribution in [2.45, 2.75) is 32.1 Å². The second-order valence-electron chi connectivity index (χ2n) is 6.28. The van der Waals surface area contributed by atoms with Gasteiger partial charge in [0.15, 0.2) is 5.58 Å². The Kier molecular flexibility index (Phi) is 4.63. The second-order valence-corrected chi connectivity index (χ2v) is 6.28. The number of rotatable bonds is 5. The van der Waals surface area contributed by atoms with Crippen molar-refractivity contribution in [3.05, 3.63) is 53.9 Å². The standard InChI is InChI=1S/C19H21N3O3/c1-13-5-6-17-16(10-13)22-19(25-17)21-15-7-9-23-12-18(15)24-11-14-4-2-3-8-20-14/h2-6,8,10,15,18H,7,9,11-12H2,1H3,(H,21,22)/t15-,18-/m1/s1. The molecule has 6 heteroatoms. The van der Waals surface area contributed by atoms with Crippen molar-refractivity contribution in [1.82, 2.24) is 9.97 Å². The van der Waals surface area contributed by atoms with Crippen molar-refractivity contribution in [2.75, 3.05) is 18.5 Å². The number of oxazole rings is 1. The minimum Gasteiger partial charge on any atom is -0.424 e. The van der Waals surface area contributed by atoms with Crippen molar-refractivity contribution in [2.24, 2.45) is 0 Å². The number of hydrogen-bond acceptors (Lipinski definition) is 6. The minimum absolute atomic E-state index is 0.0764. The summed E-state index contributed by atoms with van der Waals surface area (Å²) >= 11 is 0. The number of aromatic nitrogens is 2. The molecule has 0 amide bonds. The fourth-order valence-corrected chi connectivity index (χ4v) is 2.97. The highest BCUT2D eigenvalue weighted by atomic mass is 16.5. The molecule has 1 aromatic carbocycles. The first kappa shape index (κ1) is 16.1. The molecule has 0 radical (unpaired) electrons. The van der Waals surface area contributed by atoms with E-state index < -0.39 is 0 Å². The topological polar surface area (TPSA) is 69.4 Å². The van der Waals surface area contributed by atoms with Crippen LogP contribution in [0.3, 0.4) is 0 Å². The third kappa shape index (κ3) is 3.81. The van der Waals surface area contributed by atoms with E-state index in [1.165, 1.54) is 0 Å². The SMILES string of the molecule is Cc1ccc2oc(N[C@@H]3CCOC[C@H]3OCc3ccccn3)nc2c1. The van der Waals surface area contributed by atoms with Crippen molar-refractivity contribution in [1.29, 1.82) is 0 Å². The molecule has 2 atom stereocenters. The van der Waals surface area contributed by atoms with Gasteiger partial charge in [0.25, 0.3) is 6.01 Å². The number of benzene rings is 1. The second kappa shape index (κ2) is 7.21. The summed E-state index contributed by atoms with van der Waals surface area (Å²) in [4.78, 5) is 8.83. The fraction of sp³-hybridized carbons (Fsp3) is 0.368. The van der Waals surface area contributed by atoms with E-state index in [-0.39, 0.29) is 12.1 Å². The normalized spacial score (nSPS) is 20.7. The quantitative estimate of drug-likeness (QED) is 0.769. The lowest BCUT2D eigenvalue weighted by Crippen LogP contribution is -2.43. The van der Waals surface area contributed by atoms with E-state index in [0.717, 1.165) is 28.8 Å². The number of nitrogens with zero attached hydrogens (tertiary/aromatic N) is 2. The summed E-state index contributed by atoms with van der Waals surface area (Å²) in [6, 6.07) is 12.4. The monoisotopic (exact) mass is 339 g/mol. The summed E-state index contributed by atoms with van der Waals surface area (Å²) in [6.07, 6.45) is 2.53. The van der Waals surface area contributed by atoms with Crippen LogP contribution in [0.5, 0.6) is 0 Å². The molecule has 0 bridgehead atoms. The van der Waals surface area contributed by atoms with Crippen molar-refractivity contribution >= 4 is 17.1 Å². The Balaban J connectivity index is 1.44. The van der Waals surface area contributed by atoms with Gasteiger partial charge in [-0.1, -0.05) is 12.1 Å². The van der Waals surface area contributed by atoms with Gasteiger partial charge < -0.3 is 19.2 Å². The molecule has 130 valence electrons. The highest BCUT2D eigenvalue weighted by Crippen LogP contribution is 2.23. The first-order chi connectivity index (χ1) is 12.3. The number of anilines is 1. The molecule has 2 aromatic heterocycles. The Labute approximate surface area is 146 Å². The van der Waals surface area contributed by atoms with Crippen LogP contribution >= 0.6 is 0 Å². The number of nitrogens with one attached hydrogen (secondary N) is 1. The average Bonchev–Trinajstić information content (AvgIpc) is 3.03. The molecule has 1 N–H and O–H groups in total. The van der Waals surface area contributed by atoms with Crippen LogP contribution in [0, 0.1) is 6.92 Å². The molecule has 3 heterocycles. The van der Waals surface area contributed by atoms with E-state index in [4.69, 9.17) is 13.9 Å². The summed E-state index contributed by atoms with van der Waals surface area (Å²) in [5.41, 5.74) is 3.71. The molecule has 0 saturated carbocycles. The van der Waals surface area contributed by atoms with E-state index in [0.29, 0.717) is 25.8 Å². The van der Waals surface area contributed by atoms with Gasteiger partial charge in [0.05, 0.1) is 24.9 Å². The zero-order valence-electron chi connectivity index (χ0n) is 14.1. The van der Waals surface area contributed by atoms with Gasteiger partial charge in [-0.15, -0.1) is 0 Å². The molecule has 4 rings (SSSR count). The molecule has 1 fully saturated rings. The zero-order chi connectivity index (χ0) is 17.1. The average molecular weight is 339 g/mol.